The molecule has 0 saturated carbocycles. The maximum absolute atomic E-state index is 14.1. The van der Waals surface area contributed by atoms with Crippen molar-refractivity contribution in [3.8, 4) is 0 Å². The zero-order valence-electron chi connectivity index (χ0n) is 19.1. The molecule has 1 amide bonds. The summed E-state index contributed by atoms with van der Waals surface area (Å²) < 4.78 is 0. The fourth-order valence-electron chi connectivity index (χ4n) is 5.01. The van der Waals surface area contributed by atoms with Crippen LogP contribution in [0.3, 0.4) is 0 Å². The van der Waals surface area contributed by atoms with E-state index >= 15 is 0 Å². The Balaban J connectivity index is 1.61. The Morgan fingerprint density at radius 3 is 2.14 bits per heavy atom. The fourth-order valence-corrected chi connectivity index (χ4v) is 5.13. The van der Waals surface area contributed by atoms with Crippen LogP contribution in [0.5, 0.6) is 0 Å². The van der Waals surface area contributed by atoms with Crippen LogP contribution in [0, 0.1) is 16.0 Å². The first-order valence-corrected chi connectivity index (χ1v) is 12.2. The van der Waals surface area contributed by atoms with Crippen LogP contribution in [0.1, 0.15) is 42.5 Å². The lowest BCUT2D eigenvalue weighted by Crippen LogP contribution is -2.42. The van der Waals surface area contributed by atoms with E-state index in [0.717, 1.165) is 49.2 Å². The highest BCUT2D eigenvalue weighted by molar-refractivity contribution is 6.30. The molecule has 0 radical (unpaired) electrons. The number of rotatable bonds is 5. The summed E-state index contributed by atoms with van der Waals surface area (Å²) in [7, 11) is 0. The predicted octanol–water partition coefficient (Wildman–Crippen LogP) is 6.11. The fraction of sp³-hybridized carbons (Fsp3) is 0.296. The van der Waals surface area contributed by atoms with Gasteiger partial charge in [-0.3, -0.25) is 19.7 Å². The zero-order chi connectivity index (χ0) is 24.4. The molecule has 8 heteroatoms. The highest BCUT2D eigenvalue weighted by Crippen LogP contribution is 2.50. The minimum atomic E-state index is -0.605. The standard InChI is InChI=1S/C27H26ClN3O4/c28-21-13-9-19(10-14-21)25-24(27(32)29-17-5-2-6-18-29)26(20-11-15-23(16-12-20)31(33)34)35-30(25)22-7-3-1-4-8-22/h1,3-4,7-16,24-26H,2,5-6,17-18H2. The highest BCUT2D eigenvalue weighted by atomic mass is 35.5. The molecular formula is C27H26ClN3O4. The van der Waals surface area contributed by atoms with Crippen molar-refractivity contribution in [1.29, 1.82) is 0 Å². The number of piperidine rings is 1. The molecule has 2 heterocycles. The van der Waals surface area contributed by atoms with Crippen molar-refractivity contribution in [3.05, 3.63) is 105 Å². The number of likely N-dealkylation sites (tertiary alicyclic amines) is 1. The molecule has 2 aliphatic rings. The second-order valence-corrected chi connectivity index (χ2v) is 9.38. The Bertz CT molecular complexity index is 1180. The number of hydrogen-bond donors (Lipinski definition) is 0. The third-order valence-electron chi connectivity index (χ3n) is 6.75. The van der Waals surface area contributed by atoms with Gasteiger partial charge < -0.3 is 4.90 Å². The number of carbonyl (C=O) groups is 1. The van der Waals surface area contributed by atoms with Crippen LogP contribution in [0.15, 0.2) is 78.9 Å². The van der Waals surface area contributed by atoms with Gasteiger partial charge in [0.1, 0.15) is 6.10 Å². The van der Waals surface area contributed by atoms with Gasteiger partial charge in [0.2, 0.25) is 5.91 Å². The molecule has 0 spiro atoms. The van der Waals surface area contributed by atoms with Crippen molar-refractivity contribution >= 4 is 28.9 Å². The minimum Gasteiger partial charge on any atom is -0.342 e. The Hall–Kier alpha value is -3.42. The second-order valence-electron chi connectivity index (χ2n) is 8.94. The van der Waals surface area contributed by atoms with Crippen molar-refractivity contribution < 1.29 is 14.6 Å². The first-order valence-electron chi connectivity index (χ1n) is 11.8. The molecule has 2 aliphatic heterocycles. The van der Waals surface area contributed by atoms with Crippen LogP contribution in [0.2, 0.25) is 5.02 Å². The summed E-state index contributed by atoms with van der Waals surface area (Å²) >= 11 is 6.18. The number of nitro groups is 1. The van der Waals surface area contributed by atoms with E-state index in [1.807, 2.05) is 64.6 Å². The SMILES string of the molecule is O=C(C1C(c2ccc([N+](=O)[O-])cc2)ON(c2ccccc2)C1c1ccc(Cl)cc1)N1CCCCC1. The van der Waals surface area contributed by atoms with E-state index in [-0.39, 0.29) is 11.6 Å². The van der Waals surface area contributed by atoms with E-state index in [4.69, 9.17) is 16.4 Å². The number of para-hydroxylation sites is 1. The van der Waals surface area contributed by atoms with Crippen LogP contribution in [0.25, 0.3) is 0 Å². The molecule has 3 unspecified atom stereocenters. The summed E-state index contributed by atoms with van der Waals surface area (Å²) in [6.07, 6.45) is 2.48. The Labute approximate surface area is 209 Å². The van der Waals surface area contributed by atoms with Crippen molar-refractivity contribution in [1.82, 2.24) is 4.90 Å². The Kier molecular flexibility index (Phi) is 6.70. The number of hydrogen-bond acceptors (Lipinski definition) is 5. The number of hydroxylamine groups is 1. The topological polar surface area (TPSA) is 75.9 Å². The van der Waals surface area contributed by atoms with Gasteiger partial charge in [-0.05, 0) is 66.8 Å². The van der Waals surface area contributed by atoms with Gasteiger partial charge in [0.05, 0.1) is 22.6 Å². The van der Waals surface area contributed by atoms with Gasteiger partial charge in [-0.15, -0.1) is 0 Å². The summed E-state index contributed by atoms with van der Waals surface area (Å²) in [6, 6.07) is 23.1. The minimum absolute atomic E-state index is 0.000166. The molecular weight excluding hydrogens is 466 g/mol. The summed E-state index contributed by atoms with van der Waals surface area (Å²) in [6.45, 7) is 1.45. The van der Waals surface area contributed by atoms with E-state index in [2.05, 4.69) is 0 Å². The van der Waals surface area contributed by atoms with Crippen LogP contribution in [-0.4, -0.2) is 28.8 Å². The summed E-state index contributed by atoms with van der Waals surface area (Å²) in [5, 5.41) is 13.6. The smallest absolute Gasteiger partial charge is 0.269 e. The van der Waals surface area contributed by atoms with Crippen molar-refractivity contribution in [2.24, 2.45) is 5.92 Å². The third-order valence-corrected chi connectivity index (χ3v) is 7.01. The first-order chi connectivity index (χ1) is 17.0. The molecule has 3 aromatic carbocycles. The first kappa shape index (κ1) is 23.3. The van der Waals surface area contributed by atoms with Gasteiger partial charge in [0, 0.05) is 30.2 Å². The molecule has 5 rings (SSSR count). The maximum atomic E-state index is 14.1. The number of carbonyl (C=O) groups excluding carboxylic acids is 1. The van der Waals surface area contributed by atoms with Gasteiger partial charge in [-0.2, -0.15) is 0 Å². The highest BCUT2D eigenvalue weighted by Gasteiger charge is 2.50. The van der Waals surface area contributed by atoms with E-state index in [1.165, 1.54) is 12.1 Å². The molecule has 2 saturated heterocycles. The monoisotopic (exact) mass is 491 g/mol. The van der Waals surface area contributed by atoms with Crippen molar-refractivity contribution in [3.63, 3.8) is 0 Å². The molecule has 0 aliphatic carbocycles. The van der Waals surface area contributed by atoms with Gasteiger partial charge in [-0.25, -0.2) is 5.06 Å². The Morgan fingerprint density at radius 1 is 0.886 bits per heavy atom. The summed E-state index contributed by atoms with van der Waals surface area (Å²) in [5.41, 5.74) is 2.47. The van der Waals surface area contributed by atoms with E-state index in [1.54, 1.807) is 12.1 Å². The van der Waals surface area contributed by atoms with Crippen molar-refractivity contribution in [2.45, 2.75) is 31.4 Å². The van der Waals surface area contributed by atoms with Crippen LogP contribution < -0.4 is 5.06 Å². The van der Waals surface area contributed by atoms with E-state index in [0.29, 0.717) is 5.02 Å². The molecule has 35 heavy (non-hydrogen) atoms. The van der Waals surface area contributed by atoms with Gasteiger partial charge >= 0.3 is 0 Å². The lowest BCUT2D eigenvalue weighted by Gasteiger charge is -2.33. The third kappa shape index (κ3) is 4.74. The van der Waals surface area contributed by atoms with Crippen LogP contribution in [-0.2, 0) is 9.63 Å². The number of anilines is 1. The van der Waals surface area contributed by atoms with Crippen LogP contribution >= 0.6 is 11.6 Å². The molecule has 180 valence electrons. The lowest BCUT2D eigenvalue weighted by molar-refractivity contribution is -0.384. The number of non-ortho nitro benzene ring substituents is 1. The molecule has 0 N–H and O–H groups in total. The van der Waals surface area contributed by atoms with Gasteiger partial charge in [0.15, 0.2) is 0 Å². The zero-order valence-corrected chi connectivity index (χ0v) is 19.9. The van der Waals surface area contributed by atoms with Crippen molar-refractivity contribution in [2.75, 3.05) is 18.2 Å². The molecule has 3 atom stereocenters. The maximum Gasteiger partial charge on any atom is 0.269 e. The predicted molar refractivity (Wildman–Crippen MR) is 134 cm³/mol. The lowest BCUT2D eigenvalue weighted by atomic mass is 9.84. The van der Waals surface area contributed by atoms with Crippen LogP contribution in [0.4, 0.5) is 11.4 Å². The molecule has 2 fully saturated rings. The van der Waals surface area contributed by atoms with Gasteiger partial charge in [-0.1, -0.05) is 41.9 Å². The Morgan fingerprint density at radius 2 is 1.51 bits per heavy atom. The quantitative estimate of drug-likeness (QED) is 0.318. The number of nitro benzene ring substituents is 1. The molecule has 3 aromatic rings. The number of nitrogens with zero attached hydrogens (tertiary/aromatic N) is 3. The molecule has 7 nitrogen and oxygen atoms in total. The molecule has 0 bridgehead atoms. The average molecular weight is 492 g/mol. The number of benzene rings is 3. The second kappa shape index (κ2) is 10.1. The van der Waals surface area contributed by atoms with E-state index < -0.39 is 23.0 Å². The molecule has 0 aromatic heterocycles. The number of halogens is 1. The number of amides is 1. The normalized spacial score (nSPS) is 22.3. The van der Waals surface area contributed by atoms with Gasteiger partial charge in [0.25, 0.3) is 5.69 Å². The largest absolute Gasteiger partial charge is 0.342 e. The average Bonchev–Trinajstić information content (AvgIpc) is 3.30. The van der Waals surface area contributed by atoms with E-state index in [9.17, 15) is 14.9 Å². The summed E-state index contributed by atoms with van der Waals surface area (Å²) in [5.74, 6) is -0.512. The summed E-state index contributed by atoms with van der Waals surface area (Å²) in [4.78, 5) is 33.3.